The van der Waals surface area contributed by atoms with Crippen LogP contribution in [0, 0.1) is 5.41 Å². The number of nitrogens with one attached hydrogen (secondary N) is 1. The number of aliphatic carboxylic acids is 1. The van der Waals surface area contributed by atoms with Gasteiger partial charge in [-0.05, 0) is 5.41 Å². The Morgan fingerprint density at radius 3 is 2.82 bits per heavy atom. The molecular weight excluding hydrogens is 575 g/mol. The quantitative estimate of drug-likeness (QED) is 0.100. The van der Waals surface area contributed by atoms with Crippen molar-refractivity contribution in [3.63, 3.8) is 0 Å². The third-order valence-electron chi connectivity index (χ3n) is 5.81. The summed E-state index contributed by atoms with van der Waals surface area (Å²) in [6.45, 7) is -0.0920. The number of nitrogens with two attached hydrogens (primary N) is 1. The van der Waals surface area contributed by atoms with Crippen LogP contribution in [0.5, 0.6) is 0 Å². The summed E-state index contributed by atoms with van der Waals surface area (Å²) < 4.78 is 0.618. The standard InChI is InChI=1S/C21H17N7O6S4/c22-20-25-9(6-36-20)12(27-34)15(30)26-14-17(31)28-7-21(19(32)33,8-37-18(14)28)1-4-35-11-5-10(29)13-16(38-11)24-3-2-23-13/h1-6,14,18,34H,7-8H2,(H2,22,25)(H,26,30)(H,32,33)/t14?,18-,21?/m1/s1. The first-order valence-electron chi connectivity index (χ1n) is 10.7. The lowest BCUT2D eigenvalue weighted by molar-refractivity contribution is -0.156. The summed E-state index contributed by atoms with van der Waals surface area (Å²) in [7, 11) is 0. The number of aromatic nitrogens is 3. The van der Waals surface area contributed by atoms with Crippen molar-refractivity contribution >= 4 is 85.2 Å². The number of anilines is 1. The fourth-order valence-corrected chi connectivity index (χ4v) is 7.89. The number of carbonyl (C=O) groups is 3. The highest BCUT2D eigenvalue weighted by Gasteiger charge is 2.57. The van der Waals surface area contributed by atoms with Gasteiger partial charge in [-0.2, -0.15) is 0 Å². The monoisotopic (exact) mass is 591 g/mol. The van der Waals surface area contributed by atoms with Gasteiger partial charge in [-0.25, -0.2) is 15.0 Å². The molecule has 5 heterocycles. The lowest BCUT2D eigenvalue weighted by atomic mass is 9.87. The molecular formula is C21H17N7O6S4. The molecule has 5 rings (SSSR count). The number of nitrogens with zero attached hydrogens (tertiary/aromatic N) is 5. The first kappa shape index (κ1) is 26.1. The second kappa shape index (κ2) is 10.3. The van der Waals surface area contributed by atoms with Crippen LogP contribution in [0.3, 0.4) is 0 Å². The number of hydrogen-bond acceptors (Lipinski definition) is 14. The van der Waals surface area contributed by atoms with E-state index >= 15 is 0 Å². The number of β-lactam (4-membered cyclic amide) rings is 1. The summed E-state index contributed by atoms with van der Waals surface area (Å²) in [6.07, 6.45) is 4.45. The van der Waals surface area contributed by atoms with Gasteiger partial charge in [-0.1, -0.05) is 23.0 Å². The minimum atomic E-state index is -1.36. The molecule has 0 spiro atoms. The largest absolute Gasteiger partial charge is 0.481 e. The van der Waals surface area contributed by atoms with Crippen molar-refractivity contribution < 1.29 is 24.7 Å². The van der Waals surface area contributed by atoms with Crippen LogP contribution in [0.25, 0.3) is 10.3 Å². The summed E-state index contributed by atoms with van der Waals surface area (Å²) in [5, 5.41) is 27.6. The molecule has 0 radical (unpaired) electrons. The smallest absolute Gasteiger partial charge is 0.316 e. The Bertz CT molecular complexity index is 1570. The Balaban J connectivity index is 1.26. The number of fused-ring (bicyclic) bond motifs is 2. The highest BCUT2D eigenvalue weighted by atomic mass is 32.2. The van der Waals surface area contributed by atoms with Crippen LogP contribution >= 0.6 is 46.2 Å². The summed E-state index contributed by atoms with van der Waals surface area (Å²) in [5.41, 5.74) is 3.88. The van der Waals surface area contributed by atoms with Crippen LogP contribution in [-0.4, -0.2) is 77.4 Å². The van der Waals surface area contributed by atoms with Gasteiger partial charge >= 0.3 is 5.97 Å². The van der Waals surface area contributed by atoms with E-state index in [1.165, 1.54) is 69.7 Å². The molecule has 2 fully saturated rings. The molecule has 2 aliphatic rings. The lowest BCUT2D eigenvalue weighted by Crippen LogP contribution is -2.73. The number of nitrogen functional groups attached to an aromatic ring is 1. The maximum Gasteiger partial charge on any atom is 0.316 e. The number of thiazole rings is 1. The van der Waals surface area contributed by atoms with E-state index in [4.69, 9.17) is 5.73 Å². The number of carbonyl (C=O) groups excluding carboxylic acids is 2. The maximum absolute atomic E-state index is 12.8. The number of thioether (sulfide) groups is 2. The van der Waals surface area contributed by atoms with Gasteiger partial charge in [0, 0.05) is 36.1 Å². The van der Waals surface area contributed by atoms with Gasteiger partial charge < -0.3 is 26.3 Å². The van der Waals surface area contributed by atoms with Crippen molar-refractivity contribution in [2.45, 2.75) is 15.6 Å². The molecule has 0 aliphatic carbocycles. The molecule has 2 amide bonds. The van der Waals surface area contributed by atoms with Crippen LogP contribution in [0.1, 0.15) is 5.69 Å². The van der Waals surface area contributed by atoms with E-state index in [0.29, 0.717) is 9.04 Å². The van der Waals surface area contributed by atoms with Gasteiger partial charge in [0.15, 0.2) is 10.8 Å². The molecule has 0 bridgehead atoms. The Labute approximate surface area is 229 Å². The molecule has 5 N–H and O–H groups in total. The van der Waals surface area contributed by atoms with Gasteiger partial charge in [0.25, 0.3) is 5.91 Å². The first-order chi connectivity index (χ1) is 18.2. The predicted molar refractivity (Wildman–Crippen MR) is 143 cm³/mol. The zero-order valence-corrected chi connectivity index (χ0v) is 22.3. The van der Waals surface area contributed by atoms with Crippen LogP contribution in [0.2, 0.25) is 0 Å². The number of carboxylic acid groups (broad SMARTS) is 1. The van der Waals surface area contributed by atoms with E-state index < -0.39 is 34.6 Å². The van der Waals surface area contributed by atoms with Crippen molar-refractivity contribution in [1.82, 2.24) is 25.2 Å². The molecule has 17 heteroatoms. The van der Waals surface area contributed by atoms with Gasteiger partial charge in [0.05, 0.1) is 4.21 Å². The summed E-state index contributed by atoms with van der Waals surface area (Å²) in [5.74, 6) is -2.22. The summed E-state index contributed by atoms with van der Waals surface area (Å²) >= 11 is 4.72. The Hall–Kier alpha value is -3.54. The normalized spacial score (nSPS) is 23.3. The average Bonchev–Trinajstić information content (AvgIpc) is 3.33. The molecule has 2 unspecified atom stereocenters. The van der Waals surface area contributed by atoms with E-state index in [9.17, 15) is 29.5 Å². The molecule has 196 valence electrons. The number of amides is 2. The van der Waals surface area contributed by atoms with Crippen molar-refractivity contribution in [2.75, 3.05) is 18.0 Å². The molecule has 3 aromatic rings. The molecule has 3 aromatic heterocycles. The van der Waals surface area contributed by atoms with Gasteiger partial charge in [-0.15, -0.1) is 34.4 Å². The molecule has 0 saturated carbocycles. The molecule has 13 nitrogen and oxygen atoms in total. The first-order valence-corrected chi connectivity index (χ1v) is 14.3. The highest BCUT2D eigenvalue weighted by Crippen LogP contribution is 2.43. The fourth-order valence-electron chi connectivity index (χ4n) is 3.87. The van der Waals surface area contributed by atoms with Crippen LogP contribution < -0.4 is 16.5 Å². The third kappa shape index (κ3) is 4.72. The second-order valence-electron chi connectivity index (χ2n) is 8.16. The molecule has 38 heavy (non-hydrogen) atoms. The topological polar surface area (TPSA) is 201 Å². The summed E-state index contributed by atoms with van der Waals surface area (Å²) in [4.78, 5) is 64.0. The second-order valence-corrected chi connectivity index (χ2v) is 12.4. The maximum atomic E-state index is 12.8. The number of oxime groups is 1. The Kier molecular flexibility index (Phi) is 7.08. The molecule has 2 saturated heterocycles. The van der Waals surface area contributed by atoms with E-state index in [1.807, 2.05) is 0 Å². The Morgan fingerprint density at radius 2 is 2.11 bits per heavy atom. The fraction of sp³-hybridized carbons (Fsp3) is 0.238. The van der Waals surface area contributed by atoms with E-state index in [2.05, 4.69) is 25.4 Å². The van der Waals surface area contributed by atoms with E-state index in [1.54, 1.807) is 5.41 Å². The molecule has 3 atom stereocenters. The number of rotatable bonds is 7. The van der Waals surface area contributed by atoms with Crippen molar-refractivity contribution in [2.24, 2.45) is 10.6 Å². The van der Waals surface area contributed by atoms with Crippen LogP contribution in [-0.2, 0) is 14.4 Å². The molecule has 2 aliphatic heterocycles. The van der Waals surface area contributed by atoms with Crippen molar-refractivity contribution in [3.8, 4) is 0 Å². The van der Waals surface area contributed by atoms with Gasteiger partial charge in [-0.3, -0.25) is 19.2 Å². The van der Waals surface area contributed by atoms with Gasteiger partial charge in [0.2, 0.25) is 11.3 Å². The Morgan fingerprint density at radius 1 is 1.32 bits per heavy atom. The lowest BCUT2D eigenvalue weighted by Gasteiger charge is -2.53. The minimum absolute atomic E-state index is 0.0726. The predicted octanol–water partition coefficient (Wildman–Crippen LogP) is 1.05. The highest BCUT2D eigenvalue weighted by molar-refractivity contribution is 8.04. The third-order valence-corrected chi connectivity index (χ3v) is 10.0. The summed E-state index contributed by atoms with van der Waals surface area (Å²) in [6, 6.07) is 0.507. The van der Waals surface area contributed by atoms with E-state index in [0.717, 1.165) is 11.3 Å². The molecule has 0 aromatic carbocycles. The average molecular weight is 592 g/mol. The van der Waals surface area contributed by atoms with E-state index in [-0.39, 0.29) is 39.8 Å². The van der Waals surface area contributed by atoms with Crippen LogP contribution in [0.4, 0.5) is 5.13 Å². The SMILES string of the molecule is Nc1nc(C(=NO)C(=O)NC2C(=O)N3CC(C=CSc4cc(=O)c5nccnc5s4)(C(=O)O)CS[C@H]23)cs1. The number of hydrogen-bond donors (Lipinski definition) is 4. The zero-order valence-electron chi connectivity index (χ0n) is 19.0. The van der Waals surface area contributed by atoms with Crippen LogP contribution in [0.15, 0.2) is 49.5 Å². The van der Waals surface area contributed by atoms with Gasteiger partial charge in [0.1, 0.15) is 32.9 Å². The minimum Gasteiger partial charge on any atom is -0.481 e. The number of carboxylic acids is 1. The van der Waals surface area contributed by atoms with Crippen molar-refractivity contribution in [1.29, 1.82) is 0 Å². The zero-order chi connectivity index (χ0) is 27.0. The van der Waals surface area contributed by atoms with Crippen molar-refractivity contribution in [3.05, 3.63) is 51.2 Å².